The van der Waals surface area contributed by atoms with Crippen LogP contribution < -0.4 is 5.32 Å². The van der Waals surface area contributed by atoms with Gasteiger partial charge in [-0.05, 0) is 40.0 Å². The number of anilines is 1. The molecular formula is C15H15BrF3N5. The molecule has 0 aromatic carbocycles. The maximum atomic E-state index is 12.7. The number of likely N-dealkylation sites (tertiary alicyclic amines) is 1. The number of nitrogens with one attached hydrogen (secondary N) is 1. The number of rotatable bonds is 4. The van der Waals surface area contributed by atoms with Crippen LogP contribution in [0.5, 0.6) is 0 Å². The van der Waals surface area contributed by atoms with Crippen molar-refractivity contribution >= 4 is 21.9 Å². The number of alkyl halides is 3. The molecule has 9 heteroatoms. The number of pyridine rings is 1. The zero-order chi connectivity index (χ0) is 17.2. The molecule has 1 aliphatic rings. The molecule has 0 amide bonds. The normalized spacial score (nSPS) is 18.8. The van der Waals surface area contributed by atoms with Gasteiger partial charge in [0.2, 0.25) is 5.95 Å². The van der Waals surface area contributed by atoms with Gasteiger partial charge < -0.3 is 5.32 Å². The molecule has 3 rings (SSSR count). The Morgan fingerprint density at radius 3 is 2.92 bits per heavy atom. The molecule has 1 saturated heterocycles. The van der Waals surface area contributed by atoms with Gasteiger partial charge in [0.15, 0.2) is 0 Å². The standard InChI is InChI=1S/C15H15BrF3N5/c16-11-5-10(6-20-7-11)8-24-4-2-12(9-24)22-14-21-3-1-13(23-14)15(17,18)19/h1,3,5-7,12H,2,4,8-9H2,(H,21,22,23). The number of hydrogen-bond donors (Lipinski definition) is 1. The Balaban J connectivity index is 1.58. The Hall–Kier alpha value is -1.74. The molecule has 1 N–H and O–H groups in total. The third-order valence-corrected chi connectivity index (χ3v) is 4.15. The number of hydrogen-bond acceptors (Lipinski definition) is 5. The van der Waals surface area contributed by atoms with Crippen molar-refractivity contribution in [3.05, 3.63) is 46.5 Å². The fraction of sp³-hybridized carbons (Fsp3) is 0.400. The lowest BCUT2D eigenvalue weighted by Crippen LogP contribution is -2.27. The van der Waals surface area contributed by atoms with E-state index in [4.69, 9.17) is 0 Å². The zero-order valence-electron chi connectivity index (χ0n) is 12.6. The fourth-order valence-corrected chi connectivity index (χ4v) is 3.08. The first-order valence-electron chi connectivity index (χ1n) is 7.39. The summed E-state index contributed by atoms with van der Waals surface area (Å²) in [5.74, 6) is 0.0146. The summed E-state index contributed by atoms with van der Waals surface area (Å²) in [6, 6.07) is 2.89. The van der Waals surface area contributed by atoms with Crippen LogP contribution in [0.1, 0.15) is 17.7 Å². The summed E-state index contributed by atoms with van der Waals surface area (Å²) in [5.41, 5.74) is 0.149. The van der Waals surface area contributed by atoms with Crippen LogP contribution in [0.15, 0.2) is 35.2 Å². The molecule has 128 valence electrons. The van der Waals surface area contributed by atoms with E-state index in [9.17, 15) is 13.2 Å². The summed E-state index contributed by atoms with van der Waals surface area (Å²) in [5, 5.41) is 2.99. The van der Waals surface area contributed by atoms with Crippen molar-refractivity contribution in [2.45, 2.75) is 25.2 Å². The summed E-state index contributed by atoms with van der Waals surface area (Å²) >= 11 is 3.39. The second kappa shape index (κ2) is 7.02. The molecule has 1 atom stereocenters. The molecule has 0 aliphatic carbocycles. The molecule has 0 bridgehead atoms. The highest BCUT2D eigenvalue weighted by Gasteiger charge is 2.33. The van der Waals surface area contributed by atoms with Crippen LogP contribution in [-0.2, 0) is 12.7 Å². The smallest absolute Gasteiger partial charge is 0.350 e. The highest BCUT2D eigenvalue weighted by atomic mass is 79.9. The first-order valence-corrected chi connectivity index (χ1v) is 8.18. The molecule has 2 aromatic heterocycles. The molecule has 2 aromatic rings. The van der Waals surface area contributed by atoms with E-state index in [0.29, 0.717) is 6.54 Å². The third kappa shape index (κ3) is 4.41. The fourth-order valence-electron chi connectivity index (χ4n) is 2.66. The van der Waals surface area contributed by atoms with E-state index in [1.807, 2.05) is 6.07 Å². The van der Waals surface area contributed by atoms with Gasteiger partial charge in [0.05, 0.1) is 0 Å². The van der Waals surface area contributed by atoms with Gasteiger partial charge in [-0.25, -0.2) is 9.97 Å². The van der Waals surface area contributed by atoms with Gasteiger partial charge in [0.25, 0.3) is 0 Å². The Kier molecular flexibility index (Phi) is 5.00. The topological polar surface area (TPSA) is 53.9 Å². The first kappa shape index (κ1) is 17.1. The minimum atomic E-state index is -4.46. The summed E-state index contributed by atoms with van der Waals surface area (Å²) < 4.78 is 39.0. The Bertz CT molecular complexity index is 710. The maximum Gasteiger partial charge on any atom is 0.433 e. The molecule has 5 nitrogen and oxygen atoms in total. The van der Waals surface area contributed by atoms with Crippen molar-refractivity contribution in [3.63, 3.8) is 0 Å². The summed E-state index contributed by atoms with van der Waals surface area (Å²) in [7, 11) is 0. The largest absolute Gasteiger partial charge is 0.433 e. The number of nitrogens with zero attached hydrogens (tertiary/aromatic N) is 4. The van der Waals surface area contributed by atoms with E-state index in [1.54, 1.807) is 12.4 Å². The monoisotopic (exact) mass is 401 g/mol. The average molecular weight is 402 g/mol. The summed E-state index contributed by atoms with van der Waals surface area (Å²) in [6.45, 7) is 2.31. The lowest BCUT2D eigenvalue weighted by atomic mass is 10.2. The number of halogens is 4. The van der Waals surface area contributed by atoms with Crippen LogP contribution in [0.3, 0.4) is 0 Å². The lowest BCUT2D eigenvalue weighted by molar-refractivity contribution is -0.141. The Morgan fingerprint density at radius 2 is 2.17 bits per heavy atom. The van der Waals surface area contributed by atoms with E-state index in [0.717, 1.165) is 41.8 Å². The zero-order valence-corrected chi connectivity index (χ0v) is 14.2. The molecule has 0 saturated carbocycles. The highest BCUT2D eigenvalue weighted by Crippen LogP contribution is 2.28. The third-order valence-electron chi connectivity index (χ3n) is 3.72. The van der Waals surface area contributed by atoms with Crippen LogP contribution in [0.2, 0.25) is 0 Å². The van der Waals surface area contributed by atoms with Gasteiger partial charge in [-0.3, -0.25) is 9.88 Å². The molecule has 1 fully saturated rings. The highest BCUT2D eigenvalue weighted by molar-refractivity contribution is 9.10. The maximum absolute atomic E-state index is 12.7. The van der Waals surface area contributed by atoms with Gasteiger partial charge in [-0.1, -0.05) is 0 Å². The van der Waals surface area contributed by atoms with Gasteiger partial charge >= 0.3 is 6.18 Å². The molecule has 0 spiro atoms. The Labute approximate surface area is 145 Å². The van der Waals surface area contributed by atoms with Crippen LogP contribution in [0.25, 0.3) is 0 Å². The summed E-state index contributed by atoms with van der Waals surface area (Å²) in [6.07, 6.45) is 1.01. The SMILES string of the molecule is FC(F)(F)c1ccnc(NC2CCN(Cc3cncc(Br)c3)C2)n1. The van der Waals surface area contributed by atoms with E-state index in [-0.39, 0.29) is 12.0 Å². The first-order chi connectivity index (χ1) is 11.4. The lowest BCUT2D eigenvalue weighted by Gasteiger charge is -2.17. The van der Waals surface area contributed by atoms with Crippen molar-refractivity contribution < 1.29 is 13.2 Å². The molecule has 3 heterocycles. The van der Waals surface area contributed by atoms with Crippen LogP contribution >= 0.6 is 15.9 Å². The van der Waals surface area contributed by atoms with Crippen molar-refractivity contribution in [2.24, 2.45) is 0 Å². The second-order valence-electron chi connectivity index (χ2n) is 5.64. The van der Waals surface area contributed by atoms with E-state index in [2.05, 4.69) is 41.1 Å². The molecule has 24 heavy (non-hydrogen) atoms. The van der Waals surface area contributed by atoms with E-state index >= 15 is 0 Å². The minimum absolute atomic E-state index is 0.0146. The quantitative estimate of drug-likeness (QED) is 0.851. The van der Waals surface area contributed by atoms with Crippen LogP contribution in [0, 0.1) is 0 Å². The molecule has 1 aliphatic heterocycles. The molecule has 1 unspecified atom stereocenters. The Morgan fingerprint density at radius 1 is 1.33 bits per heavy atom. The van der Waals surface area contributed by atoms with Gasteiger partial charge in [-0.2, -0.15) is 13.2 Å². The van der Waals surface area contributed by atoms with E-state index < -0.39 is 11.9 Å². The predicted octanol–water partition coefficient (Wildman–Crippen LogP) is 3.34. The van der Waals surface area contributed by atoms with Crippen molar-refractivity contribution in [1.29, 1.82) is 0 Å². The van der Waals surface area contributed by atoms with Gasteiger partial charge in [-0.15, -0.1) is 0 Å². The van der Waals surface area contributed by atoms with Crippen LogP contribution in [0.4, 0.5) is 19.1 Å². The average Bonchev–Trinajstić information content (AvgIpc) is 2.94. The van der Waals surface area contributed by atoms with Crippen molar-refractivity contribution in [3.8, 4) is 0 Å². The second-order valence-corrected chi connectivity index (χ2v) is 6.56. The summed E-state index contributed by atoms with van der Waals surface area (Å²) in [4.78, 5) is 13.8. The van der Waals surface area contributed by atoms with Gasteiger partial charge in [0.1, 0.15) is 5.69 Å². The van der Waals surface area contributed by atoms with Crippen molar-refractivity contribution in [1.82, 2.24) is 19.9 Å². The van der Waals surface area contributed by atoms with Gasteiger partial charge in [0, 0.05) is 48.7 Å². The molecular weight excluding hydrogens is 387 g/mol. The van der Waals surface area contributed by atoms with E-state index in [1.165, 1.54) is 0 Å². The van der Waals surface area contributed by atoms with Crippen molar-refractivity contribution in [2.75, 3.05) is 18.4 Å². The van der Waals surface area contributed by atoms with Crippen LogP contribution in [-0.4, -0.2) is 39.0 Å². The minimum Gasteiger partial charge on any atom is -0.350 e. The predicted molar refractivity (Wildman–Crippen MR) is 86.3 cm³/mol. The number of aromatic nitrogens is 3. The molecule has 0 radical (unpaired) electrons.